The minimum Gasteiger partial charge on any atom is -0.334 e. The van der Waals surface area contributed by atoms with Gasteiger partial charge in [-0.05, 0) is 37.6 Å². The van der Waals surface area contributed by atoms with E-state index in [1.807, 2.05) is 12.1 Å². The summed E-state index contributed by atoms with van der Waals surface area (Å²) in [5, 5.41) is 3.31. The number of aromatic nitrogens is 2. The Morgan fingerprint density at radius 2 is 2.04 bits per heavy atom. The number of halogens is 1. The molecule has 0 saturated carbocycles. The van der Waals surface area contributed by atoms with Crippen LogP contribution in [0.5, 0.6) is 0 Å². The number of H-pyrrole nitrogens is 1. The van der Waals surface area contributed by atoms with E-state index in [-0.39, 0.29) is 11.6 Å². The van der Waals surface area contributed by atoms with E-state index in [9.17, 15) is 4.79 Å². The van der Waals surface area contributed by atoms with Crippen LogP contribution in [0.25, 0.3) is 10.9 Å². The van der Waals surface area contributed by atoms with Gasteiger partial charge in [0.15, 0.2) is 5.82 Å². The molecule has 3 rings (SSSR count). The van der Waals surface area contributed by atoms with Gasteiger partial charge in [0.2, 0.25) is 0 Å². The number of nitrogens with zero attached hydrogens (tertiary/aromatic N) is 1. The van der Waals surface area contributed by atoms with E-state index < -0.39 is 0 Å². The number of fused-ring (bicyclic) bond motifs is 1. The quantitative estimate of drug-likeness (QED) is 0.773. The van der Waals surface area contributed by atoms with Gasteiger partial charge in [-0.15, -0.1) is 0 Å². The van der Waals surface area contributed by atoms with Gasteiger partial charge in [0, 0.05) is 10.6 Å². The first-order chi connectivity index (χ1) is 11.0. The summed E-state index contributed by atoms with van der Waals surface area (Å²) >= 11 is 5.99. The standard InChI is InChI=1S/C18H18ClN3O/c1-11-5-3-4-6-14(11)12(2)20-10-17-21-16-9-13(19)7-8-15(16)18(23)22-17/h3-9,12,20H,10H2,1-2H3,(H,21,22,23)/p+1/t12-/m1/s1. The molecule has 3 aromatic rings. The molecule has 0 unspecified atom stereocenters. The first-order valence-electron chi connectivity index (χ1n) is 7.62. The van der Waals surface area contributed by atoms with Crippen LogP contribution in [0.3, 0.4) is 0 Å². The minimum atomic E-state index is -0.126. The van der Waals surface area contributed by atoms with E-state index >= 15 is 0 Å². The highest BCUT2D eigenvalue weighted by Gasteiger charge is 2.12. The third-order valence-electron chi connectivity index (χ3n) is 4.06. The average Bonchev–Trinajstić information content (AvgIpc) is 2.52. The Balaban J connectivity index is 1.82. The Kier molecular flexibility index (Phi) is 4.46. The number of hydrogen-bond acceptors (Lipinski definition) is 2. The molecule has 0 spiro atoms. The molecule has 5 heteroatoms. The molecule has 3 N–H and O–H groups in total. The lowest BCUT2D eigenvalue weighted by Gasteiger charge is -2.13. The summed E-state index contributed by atoms with van der Waals surface area (Å²) in [6.07, 6.45) is 0. The number of rotatable bonds is 4. The molecular weight excluding hydrogens is 310 g/mol. The van der Waals surface area contributed by atoms with E-state index in [4.69, 9.17) is 11.6 Å². The van der Waals surface area contributed by atoms with E-state index in [1.54, 1.807) is 18.2 Å². The molecule has 1 heterocycles. The van der Waals surface area contributed by atoms with Crippen molar-refractivity contribution in [2.24, 2.45) is 0 Å². The molecule has 0 aliphatic heterocycles. The highest BCUT2D eigenvalue weighted by atomic mass is 35.5. The fraction of sp³-hybridized carbons (Fsp3) is 0.222. The van der Waals surface area contributed by atoms with Crippen LogP contribution in [0.1, 0.15) is 29.9 Å². The summed E-state index contributed by atoms with van der Waals surface area (Å²) in [6, 6.07) is 13.7. The van der Waals surface area contributed by atoms with Gasteiger partial charge in [-0.25, -0.2) is 4.98 Å². The monoisotopic (exact) mass is 328 g/mol. The van der Waals surface area contributed by atoms with Crippen molar-refractivity contribution in [3.05, 3.63) is 74.8 Å². The maximum absolute atomic E-state index is 12.1. The van der Waals surface area contributed by atoms with Gasteiger partial charge in [-0.3, -0.25) is 4.79 Å². The molecule has 4 nitrogen and oxygen atoms in total. The van der Waals surface area contributed by atoms with Crippen molar-refractivity contribution in [1.82, 2.24) is 9.97 Å². The lowest BCUT2D eigenvalue weighted by Crippen LogP contribution is -2.83. The lowest BCUT2D eigenvalue weighted by molar-refractivity contribution is -0.708. The predicted octanol–water partition coefficient (Wildman–Crippen LogP) is 2.71. The van der Waals surface area contributed by atoms with Gasteiger partial charge in [-0.1, -0.05) is 35.9 Å². The second-order valence-electron chi connectivity index (χ2n) is 5.76. The highest BCUT2D eigenvalue weighted by Crippen LogP contribution is 2.15. The summed E-state index contributed by atoms with van der Waals surface area (Å²) in [5.41, 5.74) is 3.06. The van der Waals surface area contributed by atoms with Crippen LogP contribution >= 0.6 is 11.6 Å². The number of benzene rings is 2. The smallest absolute Gasteiger partial charge is 0.258 e. The summed E-state index contributed by atoms with van der Waals surface area (Å²) in [7, 11) is 0. The highest BCUT2D eigenvalue weighted by molar-refractivity contribution is 6.31. The second-order valence-corrected chi connectivity index (χ2v) is 6.20. The van der Waals surface area contributed by atoms with Crippen LogP contribution < -0.4 is 10.9 Å². The molecule has 118 valence electrons. The Bertz CT molecular complexity index is 904. The van der Waals surface area contributed by atoms with Crippen LogP contribution in [0.4, 0.5) is 0 Å². The van der Waals surface area contributed by atoms with Gasteiger partial charge in [0.05, 0.1) is 10.9 Å². The summed E-state index contributed by atoms with van der Waals surface area (Å²) in [5.74, 6) is 0.658. The lowest BCUT2D eigenvalue weighted by atomic mass is 10.0. The van der Waals surface area contributed by atoms with Crippen LogP contribution in [-0.4, -0.2) is 9.97 Å². The van der Waals surface area contributed by atoms with Crippen molar-refractivity contribution >= 4 is 22.5 Å². The molecule has 0 fully saturated rings. The average molecular weight is 329 g/mol. The van der Waals surface area contributed by atoms with E-state index in [0.717, 1.165) is 0 Å². The number of hydrogen-bond donors (Lipinski definition) is 2. The molecule has 1 atom stereocenters. The topological polar surface area (TPSA) is 62.4 Å². The zero-order valence-electron chi connectivity index (χ0n) is 13.1. The molecule has 0 aliphatic rings. The Labute approximate surface area is 139 Å². The van der Waals surface area contributed by atoms with Gasteiger partial charge in [0.25, 0.3) is 5.56 Å². The van der Waals surface area contributed by atoms with Crippen LogP contribution in [0.15, 0.2) is 47.3 Å². The SMILES string of the molecule is Cc1ccccc1[C@@H](C)[NH2+]Cc1nc2cc(Cl)ccc2c(=O)[nH]1. The fourth-order valence-corrected chi connectivity index (χ4v) is 2.94. The molecule has 2 aromatic carbocycles. The Hall–Kier alpha value is -2.17. The Morgan fingerprint density at radius 3 is 2.83 bits per heavy atom. The van der Waals surface area contributed by atoms with Crippen molar-refractivity contribution in [2.75, 3.05) is 0 Å². The number of quaternary nitrogens is 1. The molecule has 0 aliphatic carbocycles. The predicted molar refractivity (Wildman–Crippen MR) is 92.6 cm³/mol. The van der Waals surface area contributed by atoms with Crippen molar-refractivity contribution in [3.63, 3.8) is 0 Å². The number of nitrogens with one attached hydrogen (secondary N) is 1. The third-order valence-corrected chi connectivity index (χ3v) is 4.30. The van der Waals surface area contributed by atoms with E-state index in [0.29, 0.717) is 28.3 Å². The van der Waals surface area contributed by atoms with Crippen LogP contribution in [0, 0.1) is 6.92 Å². The minimum absolute atomic E-state index is 0.126. The first-order valence-corrected chi connectivity index (χ1v) is 7.99. The van der Waals surface area contributed by atoms with Crippen LogP contribution in [0.2, 0.25) is 5.02 Å². The largest absolute Gasteiger partial charge is 0.334 e. The molecule has 0 radical (unpaired) electrons. The zero-order chi connectivity index (χ0) is 16.4. The molecule has 0 amide bonds. The molecule has 1 aromatic heterocycles. The molecule has 0 bridgehead atoms. The number of nitrogens with two attached hydrogens (primary N) is 1. The molecular formula is C18H19ClN3O+. The van der Waals surface area contributed by atoms with Gasteiger partial charge in [0.1, 0.15) is 12.6 Å². The summed E-state index contributed by atoms with van der Waals surface area (Å²) in [6.45, 7) is 4.86. The second kappa shape index (κ2) is 6.52. The maximum Gasteiger partial charge on any atom is 0.258 e. The van der Waals surface area contributed by atoms with Crippen molar-refractivity contribution < 1.29 is 5.32 Å². The van der Waals surface area contributed by atoms with Gasteiger partial charge >= 0.3 is 0 Å². The van der Waals surface area contributed by atoms with Gasteiger partial charge < -0.3 is 10.3 Å². The number of aromatic amines is 1. The van der Waals surface area contributed by atoms with Crippen molar-refractivity contribution in [2.45, 2.75) is 26.4 Å². The Morgan fingerprint density at radius 1 is 1.26 bits per heavy atom. The summed E-state index contributed by atoms with van der Waals surface area (Å²) < 4.78 is 0. The van der Waals surface area contributed by atoms with Crippen LogP contribution in [-0.2, 0) is 6.54 Å². The van der Waals surface area contributed by atoms with E-state index in [2.05, 4.69) is 41.3 Å². The zero-order valence-corrected chi connectivity index (χ0v) is 13.9. The van der Waals surface area contributed by atoms with E-state index in [1.165, 1.54) is 11.1 Å². The molecule has 23 heavy (non-hydrogen) atoms. The normalized spacial score (nSPS) is 12.5. The molecule has 0 saturated heterocycles. The maximum atomic E-state index is 12.1. The number of aryl methyl sites for hydroxylation is 1. The fourth-order valence-electron chi connectivity index (χ4n) is 2.77. The third kappa shape index (κ3) is 3.44. The van der Waals surface area contributed by atoms with Gasteiger partial charge in [-0.2, -0.15) is 0 Å². The summed E-state index contributed by atoms with van der Waals surface area (Å²) in [4.78, 5) is 19.5. The van der Waals surface area contributed by atoms with Crippen molar-refractivity contribution in [3.8, 4) is 0 Å². The van der Waals surface area contributed by atoms with Crippen molar-refractivity contribution in [1.29, 1.82) is 0 Å². The first kappa shape index (κ1) is 15.7.